The van der Waals surface area contributed by atoms with Crippen LogP contribution in [0.2, 0.25) is 0 Å². The minimum absolute atomic E-state index is 0.161. The first-order chi connectivity index (χ1) is 11.7. The summed E-state index contributed by atoms with van der Waals surface area (Å²) in [6.07, 6.45) is 0. The number of carbonyl (C=O) groups is 1. The first-order valence-electron chi connectivity index (χ1n) is 7.49. The molecule has 0 saturated heterocycles. The van der Waals surface area contributed by atoms with Crippen LogP contribution in [0.3, 0.4) is 0 Å². The van der Waals surface area contributed by atoms with Gasteiger partial charge in [0.15, 0.2) is 11.5 Å². The van der Waals surface area contributed by atoms with Gasteiger partial charge >= 0.3 is 0 Å². The van der Waals surface area contributed by atoms with Gasteiger partial charge in [-0.1, -0.05) is 34.1 Å². The Hall–Kier alpha value is -2.47. The summed E-state index contributed by atoms with van der Waals surface area (Å²) in [7, 11) is 1.60. The fraction of sp³-hybridized carbons (Fsp3) is 0.167. The van der Waals surface area contributed by atoms with Gasteiger partial charge in [0.25, 0.3) is 5.91 Å². The van der Waals surface area contributed by atoms with Gasteiger partial charge in [0.1, 0.15) is 12.3 Å². The molecule has 1 heterocycles. The van der Waals surface area contributed by atoms with Crippen LogP contribution in [0.25, 0.3) is 10.9 Å². The van der Waals surface area contributed by atoms with Gasteiger partial charge in [-0.25, -0.2) is 0 Å². The predicted octanol–water partition coefficient (Wildman–Crippen LogP) is 3.75. The third-order valence-electron chi connectivity index (χ3n) is 3.54. The molecule has 3 rings (SSSR count). The molecule has 2 aromatic carbocycles. The smallest absolute Gasteiger partial charge is 0.267 e. The number of hydrogen-bond donors (Lipinski definition) is 2. The van der Waals surface area contributed by atoms with Gasteiger partial charge in [-0.15, -0.1) is 0 Å². The van der Waals surface area contributed by atoms with Crippen molar-refractivity contribution in [2.75, 3.05) is 20.3 Å². The number of H-pyrrole nitrogens is 1. The summed E-state index contributed by atoms with van der Waals surface area (Å²) in [4.78, 5) is 15.3. The topological polar surface area (TPSA) is 63.4 Å². The molecule has 0 fully saturated rings. The number of aromatic nitrogens is 1. The summed E-state index contributed by atoms with van der Waals surface area (Å²) in [5.41, 5.74) is 1.44. The molecule has 0 aliphatic heterocycles. The summed E-state index contributed by atoms with van der Waals surface area (Å²) in [6, 6.07) is 15.1. The monoisotopic (exact) mass is 388 g/mol. The highest BCUT2D eigenvalue weighted by Gasteiger charge is 2.09. The van der Waals surface area contributed by atoms with E-state index in [9.17, 15) is 4.79 Å². The number of methoxy groups -OCH3 is 1. The van der Waals surface area contributed by atoms with Gasteiger partial charge < -0.3 is 19.8 Å². The molecule has 0 saturated carbocycles. The van der Waals surface area contributed by atoms with Crippen molar-refractivity contribution < 1.29 is 14.3 Å². The van der Waals surface area contributed by atoms with Gasteiger partial charge in [-0.05, 0) is 30.3 Å². The van der Waals surface area contributed by atoms with Crippen LogP contribution in [0.1, 0.15) is 10.5 Å². The molecule has 1 aromatic heterocycles. The van der Waals surface area contributed by atoms with Gasteiger partial charge in [-0.2, -0.15) is 0 Å². The molecule has 2 N–H and O–H groups in total. The molecule has 3 aromatic rings. The standard InChI is InChI=1S/C18H17BrN2O3/c1-23-16-4-2-3-5-17(16)24-9-8-20-18(22)15-10-12-6-7-13(19)11-14(12)21-15/h2-7,10-11,21H,8-9H2,1H3,(H,20,22). The van der Waals surface area contributed by atoms with E-state index in [0.29, 0.717) is 30.3 Å². The molecule has 0 spiro atoms. The van der Waals surface area contributed by atoms with Crippen molar-refractivity contribution in [3.63, 3.8) is 0 Å². The molecule has 0 aliphatic carbocycles. The predicted molar refractivity (Wildman–Crippen MR) is 96.8 cm³/mol. The van der Waals surface area contributed by atoms with Crippen molar-refractivity contribution in [2.24, 2.45) is 0 Å². The molecule has 0 aliphatic rings. The fourth-order valence-corrected chi connectivity index (χ4v) is 2.74. The molecule has 1 amide bonds. The van der Waals surface area contributed by atoms with E-state index in [0.717, 1.165) is 15.4 Å². The number of hydrogen-bond acceptors (Lipinski definition) is 3. The van der Waals surface area contributed by atoms with Crippen molar-refractivity contribution in [2.45, 2.75) is 0 Å². The number of amides is 1. The van der Waals surface area contributed by atoms with Crippen LogP contribution >= 0.6 is 15.9 Å². The van der Waals surface area contributed by atoms with Gasteiger partial charge in [0, 0.05) is 15.4 Å². The highest BCUT2D eigenvalue weighted by Crippen LogP contribution is 2.25. The van der Waals surface area contributed by atoms with E-state index in [-0.39, 0.29) is 5.91 Å². The maximum Gasteiger partial charge on any atom is 0.267 e. The van der Waals surface area contributed by atoms with E-state index in [1.807, 2.05) is 48.5 Å². The van der Waals surface area contributed by atoms with Crippen LogP contribution in [0, 0.1) is 0 Å². The number of aromatic amines is 1. The number of rotatable bonds is 6. The molecule has 124 valence electrons. The lowest BCUT2D eigenvalue weighted by atomic mass is 10.2. The quantitative estimate of drug-likeness (QED) is 0.632. The molecule has 0 radical (unpaired) electrons. The van der Waals surface area contributed by atoms with Gasteiger partial charge in [-0.3, -0.25) is 4.79 Å². The van der Waals surface area contributed by atoms with Crippen LogP contribution in [-0.2, 0) is 0 Å². The first kappa shape index (κ1) is 16.4. The van der Waals surface area contributed by atoms with Crippen molar-refractivity contribution >= 4 is 32.7 Å². The maximum atomic E-state index is 12.2. The normalized spacial score (nSPS) is 10.6. The summed E-state index contributed by atoms with van der Waals surface area (Å²) in [5.74, 6) is 1.17. The largest absolute Gasteiger partial charge is 0.493 e. The average Bonchev–Trinajstić information content (AvgIpc) is 3.02. The Morgan fingerprint density at radius 1 is 1.17 bits per heavy atom. The molecular formula is C18H17BrN2O3. The number of nitrogens with one attached hydrogen (secondary N) is 2. The zero-order valence-electron chi connectivity index (χ0n) is 13.1. The van der Waals surface area contributed by atoms with E-state index in [1.54, 1.807) is 7.11 Å². The molecule has 0 atom stereocenters. The van der Waals surface area contributed by atoms with E-state index < -0.39 is 0 Å². The Bertz CT molecular complexity index is 860. The minimum Gasteiger partial charge on any atom is -0.493 e. The Morgan fingerprint density at radius 3 is 2.75 bits per heavy atom. The number of carbonyl (C=O) groups excluding carboxylic acids is 1. The molecule has 0 unspecified atom stereocenters. The SMILES string of the molecule is COc1ccccc1OCCNC(=O)c1cc2ccc(Br)cc2[nH]1. The lowest BCUT2D eigenvalue weighted by Crippen LogP contribution is -2.28. The van der Waals surface area contributed by atoms with Crippen LogP contribution in [0.5, 0.6) is 11.5 Å². The van der Waals surface area contributed by atoms with E-state index in [1.165, 1.54) is 0 Å². The van der Waals surface area contributed by atoms with Crippen molar-refractivity contribution in [3.8, 4) is 11.5 Å². The molecule has 0 bridgehead atoms. The van der Waals surface area contributed by atoms with E-state index in [4.69, 9.17) is 9.47 Å². The Balaban J connectivity index is 1.55. The summed E-state index contributed by atoms with van der Waals surface area (Å²) >= 11 is 3.42. The summed E-state index contributed by atoms with van der Waals surface area (Å²) in [6.45, 7) is 0.758. The highest BCUT2D eigenvalue weighted by molar-refractivity contribution is 9.10. The lowest BCUT2D eigenvalue weighted by Gasteiger charge is -2.10. The second-order valence-electron chi connectivity index (χ2n) is 5.17. The zero-order chi connectivity index (χ0) is 16.9. The zero-order valence-corrected chi connectivity index (χ0v) is 14.7. The highest BCUT2D eigenvalue weighted by atomic mass is 79.9. The first-order valence-corrected chi connectivity index (χ1v) is 8.29. The second-order valence-corrected chi connectivity index (χ2v) is 6.09. The van der Waals surface area contributed by atoms with Crippen LogP contribution in [-0.4, -0.2) is 31.2 Å². The van der Waals surface area contributed by atoms with Crippen molar-refractivity contribution in [3.05, 3.63) is 58.7 Å². The number of ether oxygens (including phenoxy) is 2. The minimum atomic E-state index is -0.161. The molecule has 24 heavy (non-hydrogen) atoms. The Morgan fingerprint density at radius 2 is 1.96 bits per heavy atom. The molecular weight excluding hydrogens is 372 g/mol. The Kier molecular flexibility index (Phi) is 5.05. The number of benzene rings is 2. The molecule has 6 heteroatoms. The van der Waals surface area contributed by atoms with Crippen LogP contribution in [0.4, 0.5) is 0 Å². The third kappa shape index (κ3) is 3.71. The maximum absolute atomic E-state index is 12.2. The van der Waals surface area contributed by atoms with Crippen molar-refractivity contribution in [1.82, 2.24) is 10.3 Å². The van der Waals surface area contributed by atoms with Crippen LogP contribution < -0.4 is 14.8 Å². The van der Waals surface area contributed by atoms with Crippen LogP contribution in [0.15, 0.2) is 53.0 Å². The lowest BCUT2D eigenvalue weighted by molar-refractivity contribution is 0.0942. The average molecular weight is 389 g/mol. The Labute approximate surface area is 148 Å². The van der Waals surface area contributed by atoms with Crippen molar-refractivity contribution in [1.29, 1.82) is 0 Å². The fourth-order valence-electron chi connectivity index (χ4n) is 2.38. The molecule has 5 nitrogen and oxygen atoms in total. The van der Waals surface area contributed by atoms with E-state index in [2.05, 4.69) is 26.2 Å². The van der Waals surface area contributed by atoms with Gasteiger partial charge in [0.2, 0.25) is 0 Å². The number of para-hydroxylation sites is 2. The van der Waals surface area contributed by atoms with E-state index >= 15 is 0 Å². The third-order valence-corrected chi connectivity index (χ3v) is 4.04. The second kappa shape index (κ2) is 7.40. The summed E-state index contributed by atoms with van der Waals surface area (Å²) in [5, 5.41) is 3.83. The van der Waals surface area contributed by atoms with Gasteiger partial charge in [0.05, 0.1) is 13.7 Å². The number of fused-ring (bicyclic) bond motifs is 1. The number of halogens is 1. The summed E-state index contributed by atoms with van der Waals surface area (Å²) < 4.78 is 11.8.